The van der Waals surface area contributed by atoms with Crippen LogP contribution in [0.15, 0.2) is 12.1 Å². The van der Waals surface area contributed by atoms with Crippen molar-refractivity contribution in [3.05, 3.63) is 23.3 Å². The highest BCUT2D eigenvalue weighted by Gasteiger charge is 2.73. The van der Waals surface area contributed by atoms with Crippen LogP contribution in [0.25, 0.3) is 0 Å². The third-order valence-electron chi connectivity index (χ3n) is 8.71. The number of nitrogens with zero attached hydrogens (tertiary/aromatic N) is 1. The van der Waals surface area contributed by atoms with Gasteiger partial charge >= 0.3 is 5.97 Å². The molecule has 32 heavy (non-hydrogen) atoms. The molecule has 2 heterocycles. The van der Waals surface area contributed by atoms with Gasteiger partial charge in [0, 0.05) is 24.8 Å². The fraction of sp³-hybridized carbons (Fsp3) is 0.708. The summed E-state index contributed by atoms with van der Waals surface area (Å²) in [5.41, 5.74) is 7.08. The Morgan fingerprint density at radius 3 is 2.94 bits per heavy atom. The van der Waals surface area contributed by atoms with E-state index in [1.165, 1.54) is 5.56 Å². The molecule has 0 radical (unpaired) electrons. The second-order valence-corrected chi connectivity index (χ2v) is 9.99. The van der Waals surface area contributed by atoms with Gasteiger partial charge in [-0.25, -0.2) is 0 Å². The molecule has 1 spiro atoms. The van der Waals surface area contributed by atoms with Crippen molar-refractivity contribution in [2.24, 2.45) is 5.73 Å². The molecule has 2 aliphatic heterocycles. The van der Waals surface area contributed by atoms with E-state index < -0.39 is 23.0 Å². The summed E-state index contributed by atoms with van der Waals surface area (Å²) in [6.45, 7) is 1.48. The average molecular weight is 446 g/mol. The van der Waals surface area contributed by atoms with Crippen LogP contribution in [0.5, 0.6) is 11.5 Å². The van der Waals surface area contributed by atoms with E-state index >= 15 is 0 Å². The van der Waals surface area contributed by atoms with Gasteiger partial charge in [-0.05, 0) is 70.3 Å². The van der Waals surface area contributed by atoms with Gasteiger partial charge in [-0.2, -0.15) is 0 Å². The van der Waals surface area contributed by atoms with Crippen LogP contribution < -0.4 is 15.8 Å². The number of aliphatic carboxylic acids is 1. The lowest BCUT2D eigenvalue weighted by atomic mass is 9.48. The number of piperidine rings is 1. The first-order valence-electron chi connectivity index (χ1n) is 11.9. The van der Waals surface area contributed by atoms with Gasteiger partial charge in [-0.1, -0.05) is 12.5 Å². The molecule has 2 aliphatic carbocycles. The highest BCUT2D eigenvalue weighted by molar-refractivity contribution is 5.73. The number of hydrogen-bond donors (Lipinski definition) is 4. The van der Waals surface area contributed by atoms with Gasteiger partial charge in [0.2, 0.25) is 0 Å². The molecule has 1 unspecified atom stereocenters. The summed E-state index contributed by atoms with van der Waals surface area (Å²) in [5, 5.41) is 24.0. The Kier molecular flexibility index (Phi) is 5.40. The van der Waals surface area contributed by atoms with Crippen LogP contribution in [0.3, 0.4) is 0 Å². The van der Waals surface area contributed by atoms with Crippen molar-refractivity contribution in [2.75, 3.05) is 27.2 Å². The van der Waals surface area contributed by atoms with Crippen LogP contribution in [-0.2, 0) is 21.4 Å². The first-order valence-corrected chi connectivity index (χ1v) is 11.9. The maximum absolute atomic E-state index is 12.0. The van der Waals surface area contributed by atoms with Gasteiger partial charge in [-0.15, -0.1) is 0 Å². The molecular weight excluding hydrogens is 410 g/mol. The van der Waals surface area contributed by atoms with Crippen LogP contribution in [0, 0.1) is 0 Å². The summed E-state index contributed by atoms with van der Waals surface area (Å²) in [7, 11) is 3.97. The lowest BCUT2D eigenvalue weighted by Gasteiger charge is -2.65. The minimum absolute atomic E-state index is 0.140. The number of ether oxygens (including phenoxy) is 2. The Morgan fingerprint density at radius 2 is 2.22 bits per heavy atom. The largest absolute Gasteiger partial charge is 0.504 e. The normalized spacial score (nSPS) is 35.8. The zero-order chi connectivity index (χ0) is 22.7. The minimum Gasteiger partial charge on any atom is -0.504 e. The number of nitrogens with two attached hydrogens (primary N) is 1. The number of phenols is 1. The van der Waals surface area contributed by atoms with Crippen molar-refractivity contribution in [1.29, 1.82) is 0 Å². The number of likely N-dealkylation sites (tertiary alicyclic amines) is 1. The molecule has 5 N–H and O–H groups in total. The van der Waals surface area contributed by atoms with E-state index in [0.29, 0.717) is 18.7 Å². The lowest BCUT2D eigenvalue weighted by molar-refractivity contribution is -0.204. The van der Waals surface area contributed by atoms with Crippen molar-refractivity contribution in [3.8, 4) is 11.5 Å². The lowest BCUT2D eigenvalue weighted by Crippen LogP contribution is -2.78. The Labute approximate surface area is 189 Å². The number of methoxy groups -OCH3 is 1. The van der Waals surface area contributed by atoms with E-state index in [1.54, 1.807) is 13.2 Å². The topological polar surface area (TPSA) is 117 Å². The Hall–Kier alpha value is -1.87. The fourth-order valence-corrected chi connectivity index (χ4v) is 7.34. The van der Waals surface area contributed by atoms with Gasteiger partial charge in [0.15, 0.2) is 11.5 Å². The molecule has 8 nitrogen and oxygen atoms in total. The molecule has 1 saturated heterocycles. The van der Waals surface area contributed by atoms with Crippen LogP contribution in [-0.4, -0.2) is 78.2 Å². The maximum Gasteiger partial charge on any atom is 0.320 e. The predicted octanol–water partition coefficient (Wildman–Crippen LogP) is 1.37. The third kappa shape index (κ3) is 2.79. The highest BCUT2D eigenvalue weighted by atomic mass is 16.5. The molecule has 2 fully saturated rings. The Balaban J connectivity index is 1.56. The molecule has 5 rings (SSSR count). The van der Waals surface area contributed by atoms with E-state index in [9.17, 15) is 15.0 Å². The van der Waals surface area contributed by atoms with Crippen LogP contribution in [0.1, 0.15) is 49.7 Å². The van der Waals surface area contributed by atoms with E-state index in [2.05, 4.69) is 17.3 Å². The smallest absolute Gasteiger partial charge is 0.320 e. The van der Waals surface area contributed by atoms with Gasteiger partial charge in [-0.3, -0.25) is 10.1 Å². The number of carboxylic acids is 1. The van der Waals surface area contributed by atoms with E-state index in [1.807, 2.05) is 6.07 Å². The Morgan fingerprint density at radius 1 is 1.41 bits per heavy atom. The van der Waals surface area contributed by atoms with Gasteiger partial charge in [0.25, 0.3) is 0 Å². The van der Waals surface area contributed by atoms with Crippen molar-refractivity contribution < 1.29 is 24.5 Å². The molecule has 1 aromatic rings. The quantitative estimate of drug-likeness (QED) is 0.443. The zero-order valence-corrected chi connectivity index (χ0v) is 19.0. The Bertz CT molecular complexity index is 910. The first kappa shape index (κ1) is 21.9. The van der Waals surface area contributed by atoms with Crippen LogP contribution in [0.4, 0.5) is 0 Å². The van der Waals surface area contributed by atoms with Crippen LogP contribution in [0.2, 0.25) is 0 Å². The number of nitrogens with one attached hydrogen (secondary N) is 1. The van der Waals surface area contributed by atoms with Gasteiger partial charge in [0.1, 0.15) is 12.1 Å². The summed E-state index contributed by atoms with van der Waals surface area (Å²) < 4.78 is 13.0. The molecule has 1 saturated carbocycles. The number of aromatic hydroxyl groups is 1. The summed E-state index contributed by atoms with van der Waals surface area (Å²) in [4.78, 5) is 14.4. The summed E-state index contributed by atoms with van der Waals surface area (Å²) >= 11 is 0. The number of carboxylic acid groups (broad SMARTS) is 1. The second-order valence-electron chi connectivity index (χ2n) is 9.99. The third-order valence-corrected chi connectivity index (χ3v) is 8.71. The van der Waals surface area contributed by atoms with Crippen molar-refractivity contribution >= 4 is 5.97 Å². The zero-order valence-electron chi connectivity index (χ0n) is 19.0. The molecule has 0 aromatic heterocycles. The number of likely N-dealkylation sites (N-methyl/N-ethyl adjacent to an activating group) is 1. The standard InChI is InChI=1S/C24H35N3O5/c1-27-12-10-23-19-14-6-7-17(28)20(19)32-21(23)15(8-9-24(23,31-2)18(27)13-14)26-16(22(29)30)5-3-4-11-25/h6-7,15-16,18,21,26,28H,3-5,8-13,25H2,1-2H3,(H,29,30)/t15-,16+,18?,21+,23+,24-/m1/s1. The monoisotopic (exact) mass is 445 g/mol. The first-order chi connectivity index (χ1) is 15.4. The van der Waals surface area contributed by atoms with E-state index in [0.717, 1.165) is 50.6 Å². The molecule has 6 atom stereocenters. The van der Waals surface area contributed by atoms with Crippen molar-refractivity contribution in [1.82, 2.24) is 10.2 Å². The molecule has 1 aromatic carbocycles. The number of hydrogen-bond acceptors (Lipinski definition) is 7. The number of phenolic OH excluding ortho intramolecular Hbond substituents is 1. The minimum atomic E-state index is -0.841. The predicted molar refractivity (Wildman–Crippen MR) is 119 cm³/mol. The van der Waals surface area contributed by atoms with E-state index in [-0.39, 0.29) is 23.9 Å². The molecular formula is C24H35N3O5. The molecule has 2 bridgehead atoms. The molecule has 0 amide bonds. The number of benzene rings is 1. The van der Waals surface area contributed by atoms with Crippen molar-refractivity contribution in [3.63, 3.8) is 0 Å². The average Bonchev–Trinajstić information content (AvgIpc) is 3.14. The van der Waals surface area contributed by atoms with Gasteiger partial charge < -0.3 is 30.3 Å². The van der Waals surface area contributed by atoms with Crippen LogP contribution >= 0.6 is 0 Å². The highest BCUT2D eigenvalue weighted by Crippen LogP contribution is 2.66. The fourth-order valence-electron chi connectivity index (χ4n) is 7.34. The number of carbonyl (C=O) groups is 1. The van der Waals surface area contributed by atoms with E-state index in [4.69, 9.17) is 15.2 Å². The van der Waals surface area contributed by atoms with Gasteiger partial charge in [0.05, 0.1) is 11.0 Å². The number of rotatable bonds is 8. The maximum atomic E-state index is 12.0. The SMILES string of the molecule is CO[C@@]12CC[C@@H](N[C@@H](CCCCN)C(=O)O)[C@@H]3Oc4c(O)ccc5c4[C@@]31CCN(C)C2C5. The number of unbranched alkanes of at least 4 members (excludes halogenated alkanes) is 1. The van der Waals surface area contributed by atoms with Crippen molar-refractivity contribution in [2.45, 2.75) is 80.2 Å². The molecule has 4 aliphatic rings. The second kappa shape index (κ2) is 7.87. The molecule has 8 heteroatoms. The summed E-state index contributed by atoms with van der Waals surface area (Å²) in [6, 6.07) is 3.18. The molecule has 176 valence electrons. The summed E-state index contributed by atoms with van der Waals surface area (Å²) in [6.07, 6.45) is 5.12. The summed E-state index contributed by atoms with van der Waals surface area (Å²) in [5.74, 6) is -0.112.